The molecule has 0 unspecified atom stereocenters. The van der Waals surface area contributed by atoms with Gasteiger partial charge in [-0.1, -0.05) is 25.1 Å². The van der Waals surface area contributed by atoms with Crippen molar-refractivity contribution in [3.63, 3.8) is 0 Å². The second-order valence-electron chi connectivity index (χ2n) is 4.69. The lowest BCUT2D eigenvalue weighted by molar-refractivity contribution is 0.698. The molecule has 4 heteroatoms. The molecule has 0 saturated carbocycles. The number of nitrogens with zero attached hydrogens (tertiary/aromatic N) is 2. The van der Waals surface area contributed by atoms with Gasteiger partial charge in [-0.05, 0) is 12.6 Å². The summed E-state index contributed by atoms with van der Waals surface area (Å²) in [5, 5.41) is 4.53. The Bertz CT molecular complexity index is 693. The fourth-order valence-electron chi connectivity index (χ4n) is 2.39. The molecule has 0 aliphatic heterocycles. The minimum atomic E-state index is 0.779. The summed E-state index contributed by atoms with van der Waals surface area (Å²) >= 11 is 0. The van der Waals surface area contributed by atoms with Crippen molar-refractivity contribution < 1.29 is 0 Å². The summed E-state index contributed by atoms with van der Waals surface area (Å²) in [7, 11) is 2.07. The van der Waals surface area contributed by atoms with Crippen LogP contribution in [-0.2, 0) is 13.6 Å². The molecule has 0 aliphatic rings. The first-order valence-electron chi connectivity index (χ1n) is 6.58. The fourth-order valence-corrected chi connectivity index (χ4v) is 2.39. The molecule has 2 heterocycles. The molecule has 2 N–H and O–H groups in total. The number of aromatic nitrogens is 3. The van der Waals surface area contributed by atoms with Crippen LogP contribution in [0.4, 0.5) is 0 Å². The molecule has 0 bridgehead atoms. The van der Waals surface area contributed by atoms with Crippen LogP contribution in [0.5, 0.6) is 0 Å². The second-order valence-corrected chi connectivity index (χ2v) is 4.69. The molecule has 0 saturated heterocycles. The van der Waals surface area contributed by atoms with E-state index in [-0.39, 0.29) is 0 Å². The number of rotatable bonds is 4. The summed E-state index contributed by atoms with van der Waals surface area (Å²) in [6.07, 6.45) is 4.06. The highest BCUT2D eigenvalue weighted by molar-refractivity contribution is 5.95. The molecule has 19 heavy (non-hydrogen) atoms. The Morgan fingerprint density at radius 3 is 3.00 bits per heavy atom. The van der Waals surface area contributed by atoms with Gasteiger partial charge >= 0.3 is 0 Å². The van der Waals surface area contributed by atoms with Gasteiger partial charge in [0.05, 0.1) is 18.4 Å². The third-order valence-electron chi connectivity index (χ3n) is 3.36. The Morgan fingerprint density at radius 2 is 2.16 bits per heavy atom. The minimum absolute atomic E-state index is 0.779. The lowest BCUT2D eigenvalue weighted by Gasteiger charge is -1.97. The Hall–Kier alpha value is -2.07. The zero-order valence-corrected chi connectivity index (χ0v) is 11.3. The van der Waals surface area contributed by atoms with E-state index in [9.17, 15) is 0 Å². The van der Waals surface area contributed by atoms with E-state index in [1.807, 2.05) is 6.20 Å². The van der Waals surface area contributed by atoms with E-state index in [1.165, 1.54) is 16.5 Å². The summed E-state index contributed by atoms with van der Waals surface area (Å²) in [5.41, 5.74) is 3.51. The molecule has 0 aliphatic carbocycles. The Morgan fingerprint density at radius 1 is 1.32 bits per heavy atom. The van der Waals surface area contributed by atoms with Crippen LogP contribution in [0.3, 0.4) is 0 Å². The highest BCUT2D eigenvalue weighted by Gasteiger charge is 2.10. The number of benzene rings is 1. The standard InChI is InChI=1S/C15H18N4/c1-3-16-9-15-17-8-13(18-15)12-10-19(2)14-7-5-4-6-11(12)14/h4-8,10,16H,3,9H2,1-2H3,(H,17,18). The summed E-state index contributed by atoms with van der Waals surface area (Å²) in [5.74, 6) is 0.977. The number of H-pyrrole nitrogens is 1. The van der Waals surface area contributed by atoms with Gasteiger partial charge in [0.15, 0.2) is 0 Å². The maximum Gasteiger partial charge on any atom is 0.120 e. The van der Waals surface area contributed by atoms with Crippen LogP contribution in [0.1, 0.15) is 12.7 Å². The van der Waals surface area contributed by atoms with Crippen LogP contribution in [0.2, 0.25) is 0 Å². The molecular weight excluding hydrogens is 236 g/mol. The van der Waals surface area contributed by atoms with Crippen molar-refractivity contribution in [1.82, 2.24) is 19.9 Å². The first kappa shape index (κ1) is 12.0. The van der Waals surface area contributed by atoms with E-state index in [4.69, 9.17) is 0 Å². The van der Waals surface area contributed by atoms with Crippen LogP contribution in [0, 0.1) is 0 Å². The van der Waals surface area contributed by atoms with Crippen LogP contribution >= 0.6 is 0 Å². The summed E-state index contributed by atoms with van der Waals surface area (Å²) in [6, 6.07) is 8.42. The van der Waals surface area contributed by atoms with E-state index >= 15 is 0 Å². The first-order valence-corrected chi connectivity index (χ1v) is 6.58. The van der Waals surface area contributed by atoms with Crippen LogP contribution < -0.4 is 5.32 Å². The van der Waals surface area contributed by atoms with Gasteiger partial charge in [0.25, 0.3) is 0 Å². The SMILES string of the molecule is CCNCc1ncc(-c2cn(C)c3ccccc23)[nH]1. The number of para-hydroxylation sites is 1. The molecule has 98 valence electrons. The predicted molar refractivity (Wildman–Crippen MR) is 77.9 cm³/mol. The van der Waals surface area contributed by atoms with Crippen molar-refractivity contribution in [3.8, 4) is 11.3 Å². The molecular formula is C15H18N4. The number of imidazole rings is 1. The molecule has 0 fully saturated rings. The second kappa shape index (κ2) is 4.90. The molecule has 0 atom stereocenters. The molecule has 4 nitrogen and oxygen atoms in total. The normalized spacial score (nSPS) is 11.3. The van der Waals surface area contributed by atoms with Crippen molar-refractivity contribution in [2.75, 3.05) is 6.54 Å². The zero-order valence-electron chi connectivity index (χ0n) is 11.3. The molecule has 2 aromatic heterocycles. The third-order valence-corrected chi connectivity index (χ3v) is 3.36. The maximum absolute atomic E-state index is 4.42. The van der Waals surface area contributed by atoms with Crippen molar-refractivity contribution in [3.05, 3.63) is 42.5 Å². The molecule has 0 radical (unpaired) electrons. The number of nitrogens with one attached hydrogen (secondary N) is 2. The average molecular weight is 254 g/mol. The summed E-state index contributed by atoms with van der Waals surface area (Å²) in [4.78, 5) is 7.80. The van der Waals surface area contributed by atoms with Crippen LogP contribution in [0.25, 0.3) is 22.2 Å². The highest BCUT2D eigenvalue weighted by Crippen LogP contribution is 2.28. The summed E-state index contributed by atoms with van der Waals surface area (Å²) < 4.78 is 2.15. The molecule has 0 spiro atoms. The number of aryl methyl sites for hydroxylation is 1. The van der Waals surface area contributed by atoms with Crippen molar-refractivity contribution >= 4 is 10.9 Å². The lowest BCUT2D eigenvalue weighted by atomic mass is 10.1. The van der Waals surface area contributed by atoms with Gasteiger partial charge < -0.3 is 14.9 Å². The lowest BCUT2D eigenvalue weighted by Crippen LogP contribution is -2.12. The van der Waals surface area contributed by atoms with Gasteiger partial charge in [-0.15, -0.1) is 0 Å². The van der Waals surface area contributed by atoms with Crippen molar-refractivity contribution in [1.29, 1.82) is 0 Å². The third kappa shape index (κ3) is 2.15. The van der Waals surface area contributed by atoms with Gasteiger partial charge in [-0.3, -0.25) is 0 Å². The Balaban J connectivity index is 2.02. The van der Waals surface area contributed by atoms with E-state index in [1.54, 1.807) is 0 Å². The number of hydrogen-bond donors (Lipinski definition) is 2. The van der Waals surface area contributed by atoms with Gasteiger partial charge in [-0.25, -0.2) is 4.98 Å². The number of fused-ring (bicyclic) bond motifs is 1. The van der Waals surface area contributed by atoms with Crippen LogP contribution in [-0.4, -0.2) is 21.1 Å². The molecule has 3 aromatic rings. The zero-order chi connectivity index (χ0) is 13.2. The van der Waals surface area contributed by atoms with E-state index in [0.29, 0.717) is 0 Å². The van der Waals surface area contributed by atoms with Crippen LogP contribution in [0.15, 0.2) is 36.7 Å². The van der Waals surface area contributed by atoms with Crippen molar-refractivity contribution in [2.24, 2.45) is 7.05 Å². The smallest absolute Gasteiger partial charge is 0.120 e. The number of hydrogen-bond acceptors (Lipinski definition) is 2. The van der Waals surface area contributed by atoms with E-state index in [0.717, 1.165) is 24.6 Å². The average Bonchev–Trinajstić information content (AvgIpc) is 3.02. The van der Waals surface area contributed by atoms with E-state index < -0.39 is 0 Å². The molecule has 0 amide bonds. The predicted octanol–water partition coefficient (Wildman–Crippen LogP) is 2.68. The van der Waals surface area contributed by atoms with Gasteiger partial charge in [0.1, 0.15) is 5.82 Å². The molecule has 1 aromatic carbocycles. The van der Waals surface area contributed by atoms with Gasteiger partial charge in [0.2, 0.25) is 0 Å². The quantitative estimate of drug-likeness (QED) is 0.752. The highest BCUT2D eigenvalue weighted by atomic mass is 15.0. The topological polar surface area (TPSA) is 45.6 Å². The van der Waals surface area contributed by atoms with E-state index in [2.05, 4.69) is 64.3 Å². The van der Waals surface area contributed by atoms with Crippen molar-refractivity contribution in [2.45, 2.75) is 13.5 Å². The Kier molecular flexibility index (Phi) is 3.09. The fraction of sp³-hybridized carbons (Fsp3) is 0.267. The maximum atomic E-state index is 4.42. The minimum Gasteiger partial charge on any atom is -0.350 e. The van der Waals surface area contributed by atoms with Gasteiger partial charge in [0, 0.05) is 29.7 Å². The monoisotopic (exact) mass is 254 g/mol. The number of aromatic amines is 1. The first-order chi connectivity index (χ1) is 9.29. The molecule has 3 rings (SSSR count). The largest absolute Gasteiger partial charge is 0.350 e. The summed E-state index contributed by atoms with van der Waals surface area (Å²) in [6.45, 7) is 3.82. The Labute approximate surface area is 112 Å². The van der Waals surface area contributed by atoms with Gasteiger partial charge in [-0.2, -0.15) is 0 Å².